The van der Waals surface area contributed by atoms with Crippen molar-refractivity contribution in [1.82, 2.24) is 4.98 Å². The van der Waals surface area contributed by atoms with Crippen LogP contribution in [0.25, 0.3) is 0 Å². The molecule has 0 aliphatic carbocycles. The molecular formula is C12H8FNOS. The van der Waals surface area contributed by atoms with Gasteiger partial charge in [0.1, 0.15) is 5.69 Å². The van der Waals surface area contributed by atoms with Gasteiger partial charge in [0.05, 0.1) is 5.01 Å². The van der Waals surface area contributed by atoms with Crippen molar-refractivity contribution in [1.29, 1.82) is 0 Å². The zero-order chi connectivity index (χ0) is 11.5. The van der Waals surface area contributed by atoms with Crippen LogP contribution >= 0.6 is 11.3 Å². The number of benzene rings is 1. The Labute approximate surface area is 96.4 Å². The van der Waals surface area contributed by atoms with E-state index in [1.165, 1.54) is 23.5 Å². The molecule has 0 unspecified atom stereocenters. The SMILES string of the molecule is Cc1nc(C#Cc2ccc(O)c(F)c2)cs1. The van der Waals surface area contributed by atoms with Gasteiger partial charge in [0.2, 0.25) is 0 Å². The molecule has 0 aliphatic rings. The standard InChI is InChI=1S/C12H8FNOS/c1-8-14-10(7-16-8)4-2-9-3-5-12(15)11(13)6-9/h3,5-7,15H,1H3. The van der Waals surface area contributed by atoms with E-state index in [1.807, 2.05) is 12.3 Å². The van der Waals surface area contributed by atoms with Crippen LogP contribution in [0.15, 0.2) is 23.6 Å². The van der Waals surface area contributed by atoms with Crippen LogP contribution in [0.4, 0.5) is 4.39 Å². The topological polar surface area (TPSA) is 33.1 Å². The lowest BCUT2D eigenvalue weighted by atomic mass is 10.2. The van der Waals surface area contributed by atoms with Crippen LogP contribution in [0.2, 0.25) is 0 Å². The van der Waals surface area contributed by atoms with E-state index < -0.39 is 5.82 Å². The number of rotatable bonds is 0. The molecule has 0 aliphatic heterocycles. The zero-order valence-corrected chi connectivity index (χ0v) is 9.31. The van der Waals surface area contributed by atoms with E-state index in [0.29, 0.717) is 11.3 Å². The summed E-state index contributed by atoms with van der Waals surface area (Å²) in [6, 6.07) is 4.04. The van der Waals surface area contributed by atoms with E-state index in [2.05, 4.69) is 16.8 Å². The first kappa shape index (κ1) is 10.7. The van der Waals surface area contributed by atoms with Crippen molar-refractivity contribution in [3.8, 4) is 17.6 Å². The summed E-state index contributed by atoms with van der Waals surface area (Å²) in [6.45, 7) is 1.90. The molecule has 1 aromatic heterocycles. The van der Waals surface area contributed by atoms with Crippen molar-refractivity contribution in [2.75, 3.05) is 0 Å². The highest BCUT2D eigenvalue weighted by Gasteiger charge is 1.99. The van der Waals surface area contributed by atoms with Crippen LogP contribution in [-0.4, -0.2) is 10.1 Å². The van der Waals surface area contributed by atoms with E-state index in [4.69, 9.17) is 5.11 Å². The molecule has 16 heavy (non-hydrogen) atoms. The lowest BCUT2D eigenvalue weighted by Crippen LogP contribution is -1.80. The number of thiazole rings is 1. The van der Waals surface area contributed by atoms with E-state index >= 15 is 0 Å². The van der Waals surface area contributed by atoms with Crippen LogP contribution in [0.5, 0.6) is 5.75 Å². The summed E-state index contributed by atoms with van der Waals surface area (Å²) >= 11 is 1.52. The minimum atomic E-state index is -0.666. The average Bonchev–Trinajstić information content (AvgIpc) is 2.66. The van der Waals surface area contributed by atoms with Crippen molar-refractivity contribution in [2.24, 2.45) is 0 Å². The van der Waals surface area contributed by atoms with E-state index in [9.17, 15) is 4.39 Å². The first-order valence-electron chi connectivity index (χ1n) is 4.58. The number of phenols is 1. The van der Waals surface area contributed by atoms with Gasteiger partial charge in [-0.1, -0.05) is 5.92 Å². The van der Waals surface area contributed by atoms with Crippen molar-refractivity contribution < 1.29 is 9.50 Å². The molecule has 2 rings (SSSR count). The minimum absolute atomic E-state index is 0.366. The van der Waals surface area contributed by atoms with Gasteiger partial charge in [-0.05, 0) is 31.0 Å². The van der Waals surface area contributed by atoms with Crippen LogP contribution in [-0.2, 0) is 0 Å². The fraction of sp³-hybridized carbons (Fsp3) is 0.0833. The molecule has 2 aromatic rings. The predicted molar refractivity (Wildman–Crippen MR) is 60.9 cm³/mol. The quantitative estimate of drug-likeness (QED) is 0.710. The highest BCUT2D eigenvalue weighted by molar-refractivity contribution is 7.09. The highest BCUT2D eigenvalue weighted by atomic mass is 32.1. The van der Waals surface area contributed by atoms with Crippen LogP contribution < -0.4 is 0 Å². The summed E-state index contributed by atoms with van der Waals surface area (Å²) in [6.07, 6.45) is 0. The second-order valence-corrected chi connectivity index (χ2v) is 4.23. The van der Waals surface area contributed by atoms with Gasteiger partial charge < -0.3 is 5.11 Å². The smallest absolute Gasteiger partial charge is 0.166 e. The normalized spacial score (nSPS) is 9.62. The molecule has 1 heterocycles. The van der Waals surface area contributed by atoms with Crippen molar-refractivity contribution in [2.45, 2.75) is 6.92 Å². The molecule has 0 amide bonds. The molecular weight excluding hydrogens is 225 g/mol. The van der Waals surface area contributed by atoms with E-state index in [1.54, 1.807) is 6.07 Å². The summed E-state index contributed by atoms with van der Waals surface area (Å²) in [7, 11) is 0. The number of phenolic OH excluding ortho intramolecular Hbond substituents is 1. The number of aromatic nitrogens is 1. The fourth-order valence-corrected chi connectivity index (χ4v) is 1.69. The molecule has 0 bridgehead atoms. The molecule has 0 spiro atoms. The Hall–Kier alpha value is -1.86. The maximum atomic E-state index is 13.0. The van der Waals surface area contributed by atoms with Crippen molar-refractivity contribution in [3.63, 3.8) is 0 Å². The molecule has 0 saturated heterocycles. The maximum absolute atomic E-state index is 13.0. The number of aromatic hydroxyl groups is 1. The Morgan fingerprint density at radius 3 is 2.81 bits per heavy atom. The molecule has 80 valence electrons. The number of halogens is 1. The third kappa shape index (κ3) is 2.38. The van der Waals surface area contributed by atoms with Gasteiger partial charge in [-0.15, -0.1) is 11.3 Å². The molecule has 2 nitrogen and oxygen atoms in total. The number of hydrogen-bond donors (Lipinski definition) is 1. The Balaban J connectivity index is 2.27. The Bertz CT molecular complexity index is 580. The first-order valence-corrected chi connectivity index (χ1v) is 5.46. The summed E-state index contributed by atoms with van der Waals surface area (Å²) in [5, 5.41) is 11.8. The van der Waals surface area contributed by atoms with E-state index in [-0.39, 0.29) is 5.75 Å². The van der Waals surface area contributed by atoms with Gasteiger partial charge >= 0.3 is 0 Å². The summed E-state index contributed by atoms with van der Waals surface area (Å²) in [4.78, 5) is 4.17. The predicted octanol–water partition coefficient (Wildman–Crippen LogP) is 2.70. The average molecular weight is 233 g/mol. The molecule has 0 atom stereocenters. The molecule has 0 radical (unpaired) electrons. The van der Waals surface area contributed by atoms with Gasteiger partial charge in [-0.25, -0.2) is 9.37 Å². The number of aryl methyl sites for hydroxylation is 1. The third-order valence-electron chi connectivity index (χ3n) is 1.90. The van der Waals surface area contributed by atoms with Gasteiger partial charge in [0.25, 0.3) is 0 Å². The first-order chi connectivity index (χ1) is 7.65. The molecule has 0 saturated carbocycles. The van der Waals surface area contributed by atoms with E-state index in [0.717, 1.165) is 5.01 Å². The molecule has 1 N–H and O–H groups in total. The third-order valence-corrected chi connectivity index (χ3v) is 2.68. The molecule has 1 aromatic carbocycles. The van der Waals surface area contributed by atoms with Gasteiger partial charge in [0.15, 0.2) is 11.6 Å². The highest BCUT2D eigenvalue weighted by Crippen LogP contribution is 2.15. The summed E-state index contributed by atoms with van der Waals surface area (Å²) in [5.74, 6) is 4.58. The van der Waals surface area contributed by atoms with Crippen LogP contribution in [0.1, 0.15) is 16.3 Å². The van der Waals surface area contributed by atoms with Gasteiger partial charge in [-0.3, -0.25) is 0 Å². The fourth-order valence-electron chi connectivity index (χ4n) is 1.14. The Morgan fingerprint density at radius 1 is 1.38 bits per heavy atom. The maximum Gasteiger partial charge on any atom is 0.166 e. The Kier molecular flexibility index (Phi) is 2.88. The van der Waals surface area contributed by atoms with Crippen molar-refractivity contribution >= 4 is 11.3 Å². The lowest BCUT2D eigenvalue weighted by Gasteiger charge is -1.94. The second-order valence-electron chi connectivity index (χ2n) is 3.17. The second kappa shape index (κ2) is 4.33. The van der Waals surface area contributed by atoms with Crippen molar-refractivity contribution in [3.05, 3.63) is 45.7 Å². The summed E-state index contributed by atoms with van der Waals surface area (Å²) < 4.78 is 13.0. The molecule has 4 heteroatoms. The number of nitrogens with zero attached hydrogens (tertiary/aromatic N) is 1. The lowest BCUT2D eigenvalue weighted by molar-refractivity contribution is 0.432. The monoisotopic (exact) mass is 233 g/mol. The Morgan fingerprint density at radius 2 is 2.19 bits per heavy atom. The van der Waals surface area contributed by atoms with Gasteiger partial charge in [0, 0.05) is 10.9 Å². The summed E-state index contributed by atoms with van der Waals surface area (Å²) in [5.41, 5.74) is 1.19. The zero-order valence-electron chi connectivity index (χ0n) is 8.49. The minimum Gasteiger partial charge on any atom is -0.505 e. The van der Waals surface area contributed by atoms with Crippen LogP contribution in [0, 0.1) is 24.6 Å². The van der Waals surface area contributed by atoms with Crippen LogP contribution in [0.3, 0.4) is 0 Å². The number of hydrogen-bond acceptors (Lipinski definition) is 3. The van der Waals surface area contributed by atoms with Gasteiger partial charge in [-0.2, -0.15) is 0 Å². The largest absolute Gasteiger partial charge is 0.505 e. The molecule has 0 fully saturated rings.